The highest BCUT2D eigenvalue weighted by molar-refractivity contribution is 5.74. The standard InChI is InChI=1S/C26H31F3N2O2/c1-31(25(32)30-21-8-3-2-4-9-21)17-19-12-11-18-7-5-6-10-23(18)24(19)33-22-15-13-20(14-16-22)26(27,28)29/h5-7,10,13-16,19,21,24H,2-4,8-9,11-12,17H2,1H3,(H,30,32)/t19-,24+/m0/s1. The number of hydrogen-bond donors (Lipinski definition) is 1. The molecule has 2 aromatic rings. The van der Waals surface area contributed by atoms with Crippen LogP contribution in [0.4, 0.5) is 18.0 Å². The van der Waals surface area contributed by atoms with Gasteiger partial charge in [0, 0.05) is 25.6 Å². The molecule has 0 radical (unpaired) electrons. The molecule has 0 heterocycles. The van der Waals surface area contributed by atoms with Crippen LogP contribution >= 0.6 is 0 Å². The predicted octanol–water partition coefficient (Wildman–Crippen LogP) is 6.36. The summed E-state index contributed by atoms with van der Waals surface area (Å²) in [6, 6.07) is 13.0. The fraction of sp³-hybridized carbons (Fsp3) is 0.500. The van der Waals surface area contributed by atoms with Gasteiger partial charge in [0.25, 0.3) is 0 Å². The summed E-state index contributed by atoms with van der Waals surface area (Å²) < 4.78 is 45.1. The van der Waals surface area contributed by atoms with E-state index in [9.17, 15) is 18.0 Å². The average Bonchev–Trinajstić information content (AvgIpc) is 2.81. The number of urea groups is 1. The third-order valence-electron chi connectivity index (χ3n) is 6.81. The molecule has 7 heteroatoms. The second-order valence-corrected chi connectivity index (χ2v) is 9.22. The van der Waals surface area contributed by atoms with Gasteiger partial charge in [0.05, 0.1) is 5.56 Å². The van der Waals surface area contributed by atoms with Crippen molar-refractivity contribution in [1.82, 2.24) is 10.2 Å². The van der Waals surface area contributed by atoms with Gasteiger partial charge in [0.15, 0.2) is 0 Å². The zero-order chi connectivity index (χ0) is 23.4. The van der Waals surface area contributed by atoms with E-state index in [0.717, 1.165) is 56.2 Å². The number of hydrogen-bond acceptors (Lipinski definition) is 2. The maximum Gasteiger partial charge on any atom is 0.416 e. The van der Waals surface area contributed by atoms with E-state index in [2.05, 4.69) is 11.4 Å². The molecule has 178 valence electrons. The van der Waals surface area contributed by atoms with Crippen LogP contribution in [0.2, 0.25) is 0 Å². The van der Waals surface area contributed by atoms with E-state index < -0.39 is 11.7 Å². The topological polar surface area (TPSA) is 41.6 Å². The molecule has 0 bridgehead atoms. The number of rotatable bonds is 5. The van der Waals surface area contributed by atoms with E-state index in [1.54, 1.807) is 11.9 Å². The maximum atomic E-state index is 12.9. The Morgan fingerprint density at radius 1 is 1.03 bits per heavy atom. The Morgan fingerprint density at radius 3 is 2.42 bits per heavy atom. The molecule has 2 atom stereocenters. The molecule has 0 aromatic heterocycles. The van der Waals surface area contributed by atoms with Gasteiger partial charge in [0.2, 0.25) is 0 Å². The van der Waals surface area contributed by atoms with Crippen LogP contribution in [0.3, 0.4) is 0 Å². The number of ether oxygens (including phenoxy) is 1. The maximum absolute atomic E-state index is 12.9. The summed E-state index contributed by atoms with van der Waals surface area (Å²) in [6.45, 7) is 0.512. The zero-order valence-electron chi connectivity index (χ0n) is 18.9. The Labute approximate surface area is 193 Å². The first-order chi connectivity index (χ1) is 15.8. The minimum Gasteiger partial charge on any atom is -0.485 e. The van der Waals surface area contributed by atoms with Crippen LogP contribution in [-0.4, -0.2) is 30.6 Å². The summed E-state index contributed by atoms with van der Waals surface area (Å²) in [7, 11) is 1.80. The number of nitrogens with zero attached hydrogens (tertiary/aromatic N) is 1. The van der Waals surface area contributed by atoms with Crippen LogP contribution < -0.4 is 10.1 Å². The molecule has 1 saturated carbocycles. The van der Waals surface area contributed by atoms with Gasteiger partial charge in [-0.05, 0) is 61.1 Å². The van der Waals surface area contributed by atoms with Crippen molar-refractivity contribution < 1.29 is 22.7 Å². The molecule has 1 N–H and O–H groups in total. The first-order valence-corrected chi connectivity index (χ1v) is 11.7. The molecule has 2 aromatic carbocycles. The van der Waals surface area contributed by atoms with Gasteiger partial charge < -0.3 is 15.0 Å². The van der Waals surface area contributed by atoms with Crippen molar-refractivity contribution in [3.63, 3.8) is 0 Å². The monoisotopic (exact) mass is 460 g/mol. The van der Waals surface area contributed by atoms with Crippen LogP contribution in [0.25, 0.3) is 0 Å². The minimum absolute atomic E-state index is 0.0318. The molecule has 33 heavy (non-hydrogen) atoms. The van der Waals surface area contributed by atoms with E-state index in [4.69, 9.17) is 4.74 Å². The van der Waals surface area contributed by atoms with Gasteiger partial charge in [-0.3, -0.25) is 0 Å². The second-order valence-electron chi connectivity index (χ2n) is 9.22. The Balaban J connectivity index is 1.48. The van der Waals surface area contributed by atoms with Crippen LogP contribution in [-0.2, 0) is 12.6 Å². The largest absolute Gasteiger partial charge is 0.485 e. The van der Waals surface area contributed by atoms with Crippen LogP contribution in [0.1, 0.15) is 61.3 Å². The number of carbonyl (C=O) groups excluding carboxylic acids is 1. The van der Waals surface area contributed by atoms with Crippen molar-refractivity contribution >= 4 is 6.03 Å². The summed E-state index contributed by atoms with van der Waals surface area (Å²) in [5.41, 5.74) is 1.52. The molecular weight excluding hydrogens is 429 g/mol. The van der Waals surface area contributed by atoms with Gasteiger partial charge in [-0.25, -0.2) is 4.79 Å². The van der Waals surface area contributed by atoms with Gasteiger partial charge >= 0.3 is 12.2 Å². The fourth-order valence-electron chi connectivity index (χ4n) is 4.97. The number of aryl methyl sites for hydroxylation is 1. The smallest absolute Gasteiger partial charge is 0.416 e. The molecule has 2 amide bonds. The van der Waals surface area contributed by atoms with E-state index in [1.165, 1.54) is 24.1 Å². The van der Waals surface area contributed by atoms with Gasteiger partial charge in [-0.2, -0.15) is 13.2 Å². The van der Waals surface area contributed by atoms with Gasteiger partial charge in [-0.1, -0.05) is 43.5 Å². The molecule has 0 aliphatic heterocycles. The third kappa shape index (κ3) is 5.81. The summed E-state index contributed by atoms with van der Waals surface area (Å²) in [5, 5.41) is 3.15. The van der Waals surface area contributed by atoms with Crippen molar-refractivity contribution in [2.75, 3.05) is 13.6 Å². The highest BCUT2D eigenvalue weighted by Crippen LogP contribution is 2.39. The molecule has 2 aliphatic carbocycles. The summed E-state index contributed by atoms with van der Waals surface area (Å²) in [5.74, 6) is 0.424. The van der Waals surface area contributed by atoms with E-state index in [1.807, 2.05) is 18.2 Å². The zero-order valence-corrected chi connectivity index (χ0v) is 18.9. The Hall–Kier alpha value is -2.70. The number of halogens is 3. The van der Waals surface area contributed by atoms with Crippen LogP contribution in [0.5, 0.6) is 5.75 Å². The number of benzene rings is 2. The van der Waals surface area contributed by atoms with Crippen LogP contribution in [0.15, 0.2) is 48.5 Å². The number of nitrogens with one attached hydrogen (secondary N) is 1. The van der Waals surface area contributed by atoms with Crippen molar-refractivity contribution in [2.24, 2.45) is 5.92 Å². The molecule has 0 spiro atoms. The van der Waals surface area contributed by atoms with Crippen molar-refractivity contribution in [2.45, 2.75) is 63.3 Å². The van der Waals surface area contributed by atoms with E-state index in [-0.39, 0.29) is 24.1 Å². The van der Waals surface area contributed by atoms with E-state index >= 15 is 0 Å². The lowest BCUT2D eigenvalue weighted by molar-refractivity contribution is -0.137. The summed E-state index contributed by atoms with van der Waals surface area (Å²) in [4.78, 5) is 14.5. The summed E-state index contributed by atoms with van der Waals surface area (Å²) in [6.07, 6.45) is 2.58. The summed E-state index contributed by atoms with van der Waals surface area (Å²) >= 11 is 0. The van der Waals surface area contributed by atoms with Crippen LogP contribution in [0, 0.1) is 5.92 Å². The van der Waals surface area contributed by atoms with Crippen molar-refractivity contribution in [3.05, 3.63) is 65.2 Å². The molecular formula is C26H31F3N2O2. The van der Waals surface area contributed by atoms with E-state index in [0.29, 0.717) is 12.3 Å². The average molecular weight is 461 g/mol. The first-order valence-electron chi connectivity index (χ1n) is 11.7. The third-order valence-corrected chi connectivity index (χ3v) is 6.81. The van der Waals surface area contributed by atoms with Crippen molar-refractivity contribution in [3.8, 4) is 5.75 Å². The van der Waals surface area contributed by atoms with Crippen molar-refractivity contribution in [1.29, 1.82) is 0 Å². The predicted molar refractivity (Wildman–Crippen MR) is 121 cm³/mol. The number of alkyl halides is 3. The van der Waals surface area contributed by atoms with Gasteiger partial charge in [0.1, 0.15) is 11.9 Å². The number of amides is 2. The molecule has 0 unspecified atom stereocenters. The molecule has 4 nitrogen and oxygen atoms in total. The lowest BCUT2D eigenvalue weighted by Gasteiger charge is -2.36. The minimum atomic E-state index is -4.38. The second kappa shape index (κ2) is 10.1. The number of carbonyl (C=O) groups is 1. The molecule has 0 saturated heterocycles. The lowest BCUT2D eigenvalue weighted by Crippen LogP contribution is -2.46. The first kappa shape index (κ1) is 23.5. The molecule has 4 rings (SSSR count). The highest BCUT2D eigenvalue weighted by Gasteiger charge is 2.34. The SMILES string of the molecule is CN(C[C@@H]1CCc2ccccc2[C@@H]1Oc1ccc(C(F)(F)F)cc1)C(=O)NC1CCCCC1. The molecule has 2 aliphatic rings. The Bertz CT molecular complexity index is 939. The van der Waals surface area contributed by atoms with Gasteiger partial charge in [-0.15, -0.1) is 0 Å². The normalized spacial score (nSPS) is 21.2. The lowest BCUT2D eigenvalue weighted by atomic mass is 9.81. The number of fused-ring (bicyclic) bond motifs is 1. The quantitative estimate of drug-likeness (QED) is 0.564. The highest BCUT2D eigenvalue weighted by atomic mass is 19.4. The Morgan fingerprint density at radius 2 is 1.73 bits per heavy atom. The Kier molecular flexibility index (Phi) is 7.15. The molecule has 1 fully saturated rings. The fourth-order valence-corrected chi connectivity index (χ4v) is 4.97.